The highest BCUT2D eigenvalue weighted by Crippen LogP contribution is 2.24. The highest BCUT2D eigenvalue weighted by atomic mass is 16.5. The average molecular weight is 406 g/mol. The molecule has 1 aliphatic rings. The lowest BCUT2D eigenvalue weighted by Crippen LogP contribution is -2.10. The van der Waals surface area contributed by atoms with Crippen molar-refractivity contribution in [2.75, 3.05) is 7.11 Å². The Morgan fingerprint density at radius 2 is 1.83 bits per heavy atom. The number of rotatable bonds is 7. The van der Waals surface area contributed by atoms with Gasteiger partial charge in [-0.1, -0.05) is 12.1 Å². The van der Waals surface area contributed by atoms with Crippen LogP contribution in [0.15, 0.2) is 51.7 Å². The molecule has 154 valence electrons. The number of Topliss-reactive ketones (excluding diaryl/α,β-unsaturated/α-hetero) is 1. The third-order valence-electron chi connectivity index (χ3n) is 5.40. The molecule has 0 saturated heterocycles. The van der Waals surface area contributed by atoms with Gasteiger partial charge in [-0.15, -0.1) is 0 Å². The van der Waals surface area contributed by atoms with E-state index in [1.807, 2.05) is 18.2 Å². The summed E-state index contributed by atoms with van der Waals surface area (Å²) in [5.74, 6) is 0.00354. The highest BCUT2D eigenvalue weighted by molar-refractivity contribution is 5.97. The van der Waals surface area contributed by atoms with Crippen molar-refractivity contribution in [3.8, 4) is 5.75 Å². The summed E-state index contributed by atoms with van der Waals surface area (Å²) in [5.41, 5.74) is 3.55. The van der Waals surface area contributed by atoms with Gasteiger partial charge in [-0.05, 0) is 48.6 Å². The van der Waals surface area contributed by atoms with Crippen molar-refractivity contribution in [2.45, 2.75) is 38.7 Å². The van der Waals surface area contributed by atoms with E-state index >= 15 is 0 Å². The Kier molecular flexibility index (Phi) is 5.65. The van der Waals surface area contributed by atoms with Crippen LogP contribution in [-0.2, 0) is 29.0 Å². The summed E-state index contributed by atoms with van der Waals surface area (Å²) >= 11 is 0. The van der Waals surface area contributed by atoms with Crippen LogP contribution in [0, 0.1) is 0 Å². The van der Waals surface area contributed by atoms with Crippen LogP contribution in [0.5, 0.6) is 5.75 Å². The van der Waals surface area contributed by atoms with Crippen molar-refractivity contribution in [3.63, 3.8) is 0 Å². The van der Waals surface area contributed by atoms with E-state index in [0.717, 1.165) is 19.3 Å². The van der Waals surface area contributed by atoms with Crippen LogP contribution in [0.4, 0.5) is 0 Å². The van der Waals surface area contributed by atoms with Gasteiger partial charge in [-0.2, -0.15) is 0 Å². The molecule has 0 amide bonds. The number of methoxy groups -OCH3 is 1. The fourth-order valence-electron chi connectivity index (χ4n) is 3.79. The minimum absolute atomic E-state index is 0.0108. The van der Waals surface area contributed by atoms with Crippen molar-refractivity contribution >= 4 is 22.7 Å². The van der Waals surface area contributed by atoms with Crippen molar-refractivity contribution in [2.24, 2.45) is 0 Å². The molecule has 0 aliphatic heterocycles. The van der Waals surface area contributed by atoms with Crippen molar-refractivity contribution in [3.05, 3.63) is 75.1 Å². The van der Waals surface area contributed by atoms with Gasteiger partial charge in [0.05, 0.1) is 13.5 Å². The summed E-state index contributed by atoms with van der Waals surface area (Å²) < 4.78 is 15.6. The number of ether oxygens (including phenoxy) is 2. The number of hydrogen-bond acceptors (Lipinski definition) is 6. The lowest BCUT2D eigenvalue weighted by molar-refractivity contribution is -0.144. The van der Waals surface area contributed by atoms with Gasteiger partial charge in [0, 0.05) is 35.1 Å². The first kappa shape index (κ1) is 19.9. The van der Waals surface area contributed by atoms with Gasteiger partial charge in [0.2, 0.25) is 0 Å². The normalized spacial score (nSPS) is 12.6. The van der Waals surface area contributed by atoms with Gasteiger partial charge in [-0.25, -0.2) is 4.79 Å². The third kappa shape index (κ3) is 4.27. The highest BCUT2D eigenvalue weighted by Gasteiger charge is 2.16. The van der Waals surface area contributed by atoms with Crippen LogP contribution in [0.3, 0.4) is 0 Å². The van der Waals surface area contributed by atoms with E-state index in [0.29, 0.717) is 27.8 Å². The second-order valence-electron chi connectivity index (χ2n) is 7.37. The fraction of sp³-hybridized carbons (Fsp3) is 0.292. The minimum atomic E-state index is -0.534. The summed E-state index contributed by atoms with van der Waals surface area (Å²) in [6.07, 6.45) is 3.27. The number of benzene rings is 2. The molecule has 4 rings (SSSR count). The molecule has 3 aromatic rings. The summed E-state index contributed by atoms with van der Waals surface area (Å²) in [6.45, 7) is -0.0691. The first-order chi connectivity index (χ1) is 14.5. The summed E-state index contributed by atoms with van der Waals surface area (Å²) in [4.78, 5) is 36.4. The van der Waals surface area contributed by atoms with E-state index in [2.05, 4.69) is 0 Å². The van der Waals surface area contributed by atoms with Gasteiger partial charge in [0.15, 0.2) is 5.78 Å². The molecule has 0 bridgehead atoms. The molecule has 6 nitrogen and oxygen atoms in total. The van der Waals surface area contributed by atoms with E-state index in [1.54, 1.807) is 18.2 Å². The predicted octanol–water partition coefficient (Wildman–Crippen LogP) is 4.00. The molecule has 1 aromatic heterocycles. The molecule has 6 heteroatoms. The lowest BCUT2D eigenvalue weighted by atomic mass is 10.0. The molecule has 0 fully saturated rings. The van der Waals surface area contributed by atoms with Gasteiger partial charge in [-0.3, -0.25) is 9.59 Å². The van der Waals surface area contributed by atoms with Crippen molar-refractivity contribution in [1.29, 1.82) is 0 Å². The van der Waals surface area contributed by atoms with E-state index in [9.17, 15) is 14.4 Å². The van der Waals surface area contributed by atoms with Gasteiger partial charge < -0.3 is 13.9 Å². The molecule has 1 aliphatic carbocycles. The molecular formula is C24H22O6. The summed E-state index contributed by atoms with van der Waals surface area (Å²) in [7, 11) is 1.52. The number of carbonyl (C=O) groups is 2. The molecule has 0 unspecified atom stereocenters. The molecule has 30 heavy (non-hydrogen) atoms. The van der Waals surface area contributed by atoms with Crippen LogP contribution >= 0.6 is 0 Å². The van der Waals surface area contributed by atoms with Gasteiger partial charge in [0.1, 0.15) is 17.9 Å². The number of hydrogen-bond donors (Lipinski definition) is 0. The first-order valence-electron chi connectivity index (χ1n) is 9.95. The standard InChI is InChI=1S/C24H22O6/c1-28-19-7-8-20-18(12-24(27)30-22(20)13-19)14-29-23(26)10-9-21(25)17-6-5-15-3-2-4-16(15)11-17/h5-8,11-13H,2-4,9-10,14H2,1H3. The largest absolute Gasteiger partial charge is 0.497 e. The Morgan fingerprint density at radius 3 is 2.67 bits per heavy atom. The molecule has 0 radical (unpaired) electrons. The molecule has 0 saturated carbocycles. The first-order valence-corrected chi connectivity index (χ1v) is 9.95. The number of aryl methyl sites for hydroxylation is 2. The second-order valence-corrected chi connectivity index (χ2v) is 7.37. The zero-order chi connectivity index (χ0) is 21.1. The van der Waals surface area contributed by atoms with Gasteiger partial charge >= 0.3 is 11.6 Å². The van der Waals surface area contributed by atoms with Crippen LogP contribution in [0.25, 0.3) is 11.0 Å². The Bertz CT molecular complexity index is 1170. The van der Waals surface area contributed by atoms with E-state index in [1.165, 1.54) is 24.3 Å². The quantitative estimate of drug-likeness (QED) is 0.335. The molecular weight excluding hydrogens is 384 g/mol. The van der Waals surface area contributed by atoms with E-state index in [4.69, 9.17) is 13.9 Å². The van der Waals surface area contributed by atoms with E-state index < -0.39 is 11.6 Å². The Balaban J connectivity index is 1.37. The Labute approximate surface area is 173 Å². The molecule has 0 atom stereocenters. The number of ketones is 1. The zero-order valence-electron chi connectivity index (χ0n) is 16.7. The average Bonchev–Trinajstić information content (AvgIpc) is 3.23. The molecule has 0 spiro atoms. The summed E-state index contributed by atoms with van der Waals surface area (Å²) in [6, 6.07) is 12.2. The fourth-order valence-corrected chi connectivity index (χ4v) is 3.79. The third-order valence-corrected chi connectivity index (χ3v) is 5.40. The lowest BCUT2D eigenvalue weighted by Gasteiger charge is -2.08. The maximum absolute atomic E-state index is 12.4. The maximum Gasteiger partial charge on any atom is 0.336 e. The van der Waals surface area contributed by atoms with Crippen LogP contribution in [-0.4, -0.2) is 18.9 Å². The van der Waals surface area contributed by atoms with Crippen LogP contribution in [0.2, 0.25) is 0 Å². The van der Waals surface area contributed by atoms with Crippen molar-refractivity contribution < 1.29 is 23.5 Å². The van der Waals surface area contributed by atoms with Crippen molar-refractivity contribution in [1.82, 2.24) is 0 Å². The van der Waals surface area contributed by atoms with Gasteiger partial charge in [0.25, 0.3) is 0 Å². The molecule has 2 aromatic carbocycles. The smallest absolute Gasteiger partial charge is 0.336 e. The molecule has 0 N–H and O–H groups in total. The topological polar surface area (TPSA) is 82.8 Å². The second kappa shape index (κ2) is 8.53. The predicted molar refractivity (Wildman–Crippen MR) is 111 cm³/mol. The van der Waals surface area contributed by atoms with Crippen LogP contribution in [0.1, 0.15) is 46.3 Å². The Morgan fingerprint density at radius 1 is 1.00 bits per heavy atom. The maximum atomic E-state index is 12.4. The zero-order valence-corrected chi connectivity index (χ0v) is 16.7. The SMILES string of the molecule is COc1ccc2c(COC(=O)CCC(=O)c3ccc4c(c3)CCC4)cc(=O)oc2c1. The summed E-state index contributed by atoms with van der Waals surface area (Å²) in [5, 5.41) is 0.664. The number of carbonyl (C=O) groups excluding carboxylic acids is 2. The monoisotopic (exact) mass is 406 g/mol. The van der Waals surface area contributed by atoms with E-state index in [-0.39, 0.29) is 25.2 Å². The van der Waals surface area contributed by atoms with Crippen LogP contribution < -0.4 is 10.4 Å². The number of esters is 1. The Hall–Kier alpha value is -3.41. The molecule has 1 heterocycles. The minimum Gasteiger partial charge on any atom is -0.497 e. The number of fused-ring (bicyclic) bond motifs is 2.